The number of anilines is 2. The summed E-state index contributed by atoms with van der Waals surface area (Å²) in [6.07, 6.45) is -0.574. The molecule has 0 aliphatic heterocycles. The first-order chi connectivity index (χ1) is 8.99. The van der Waals surface area contributed by atoms with Crippen LogP contribution in [0.1, 0.15) is 18.6 Å². The number of benzene rings is 2. The van der Waals surface area contributed by atoms with Gasteiger partial charge in [-0.15, -0.1) is 0 Å². The summed E-state index contributed by atoms with van der Waals surface area (Å²) in [4.78, 5) is 1.92. The minimum Gasteiger partial charge on any atom is -0.389 e. The first kappa shape index (κ1) is 14.0. The Morgan fingerprint density at radius 3 is 2.37 bits per heavy atom. The van der Waals surface area contributed by atoms with Crippen LogP contribution in [0.15, 0.2) is 46.9 Å². The molecule has 0 heterocycles. The Morgan fingerprint density at radius 2 is 1.79 bits per heavy atom. The summed E-state index contributed by atoms with van der Waals surface area (Å²) in [7, 11) is 1.89. The Labute approximate surface area is 120 Å². The highest BCUT2D eigenvalue weighted by Crippen LogP contribution is 2.32. The molecule has 2 aromatic carbocycles. The second kappa shape index (κ2) is 5.72. The van der Waals surface area contributed by atoms with E-state index in [0.717, 1.165) is 21.4 Å². The highest BCUT2D eigenvalue weighted by molar-refractivity contribution is 9.10. The molecule has 0 aliphatic rings. The van der Waals surface area contributed by atoms with Crippen molar-refractivity contribution in [3.05, 3.63) is 58.3 Å². The molecule has 100 valence electrons. The molecule has 2 aromatic rings. The number of nitrogens with zero attached hydrogens (tertiary/aromatic N) is 1. The fraction of sp³-hybridized carbons (Fsp3) is 0.200. The number of rotatable bonds is 3. The zero-order valence-corrected chi connectivity index (χ0v) is 12.4. The van der Waals surface area contributed by atoms with Crippen LogP contribution in [0.3, 0.4) is 0 Å². The van der Waals surface area contributed by atoms with E-state index in [0.29, 0.717) is 0 Å². The van der Waals surface area contributed by atoms with Gasteiger partial charge in [0.05, 0.1) is 6.10 Å². The normalized spacial score (nSPS) is 12.3. The standard InChI is InChI=1S/C15H15BrFNO/c1-10(19)14-9-11(16)3-8-15(14)18(2)13-6-4-12(17)5-7-13/h3-10,19H,1-2H3. The van der Waals surface area contributed by atoms with Crippen molar-refractivity contribution >= 4 is 27.3 Å². The Morgan fingerprint density at radius 1 is 1.16 bits per heavy atom. The highest BCUT2D eigenvalue weighted by Gasteiger charge is 2.13. The lowest BCUT2D eigenvalue weighted by Gasteiger charge is -2.24. The van der Waals surface area contributed by atoms with Crippen LogP contribution >= 0.6 is 15.9 Å². The van der Waals surface area contributed by atoms with Gasteiger partial charge in [0, 0.05) is 28.5 Å². The lowest BCUT2D eigenvalue weighted by atomic mass is 10.1. The molecular formula is C15H15BrFNO. The Hall–Kier alpha value is -1.39. The summed E-state index contributed by atoms with van der Waals surface area (Å²) in [5.74, 6) is -0.260. The summed E-state index contributed by atoms with van der Waals surface area (Å²) in [6, 6.07) is 12.0. The van der Waals surface area contributed by atoms with Gasteiger partial charge in [0.15, 0.2) is 0 Å². The van der Waals surface area contributed by atoms with Gasteiger partial charge >= 0.3 is 0 Å². The molecule has 0 saturated carbocycles. The monoisotopic (exact) mass is 323 g/mol. The maximum Gasteiger partial charge on any atom is 0.123 e. The van der Waals surface area contributed by atoms with Crippen LogP contribution in [0.5, 0.6) is 0 Å². The Kier molecular flexibility index (Phi) is 4.22. The molecule has 0 amide bonds. The summed E-state index contributed by atoms with van der Waals surface area (Å²) >= 11 is 3.40. The topological polar surface area (TPSA) is 23.5 Å². The van der Waals surface area contributed by atoms with Gasteiger partial charge in [-0.1, -0.05) is 15.9 Å². The van der Waals surface area contributed by atoms with Crippen molar-refractivity contribution in [2.24, 2.45) is 0 Å². The van der Waals surface area contributed by atoms with E-state index >= 15 is 0 Å². The van der Waals surface area contributed by atoms with E-state index in [9.17, 15) is 9.50 Å². The van der Waals surface area contributed by atoms with Gasteiger partial charge in [0.2, 0.25) is 0 Å². The zero-order chi connectivity index (χ0) is 14.0. The van der Waals surface area contributed by atoms with Crippen molar-refractivity contribution in [2.45, 2.75) is 13.0 Å². The fourth-order valence-electron chi connectivity index (χ4n) is 1.97. The third-order valence-electron chi connectivity index (χ3n) is 3.01. The van der Waals surface area contributed by atoms with E-state index in [1.807, 2.05) is 30.1 Å². The average molecular weight is 324 g/mol. The second-order valence-corrected chi connectivity index (χ2v) is 5.33. The maximum atomic E-state index is 12.9. The van der Waals surface area contributed by atoms with Crippen molar-refractivity contribution < 1.29 is 9.50 Å². The van der Waals surface area contributed by atoms with Gasteiger partial charge in [-0.25, -0.2) is 4.39 Å². The Balaban J connectivity index is 2.43. The van der Waals surface area contributed by atoms with Crippen molar-refractivity contribution in [1.82, 2.24) is 0 Å². The molecule has 0 saturated heterocycles. The van der Waals surface area contributed by atoms with Crippen LogP contribution in [0, 0.1) is 5.82 Å². The van der Waals surface area contributed by atoms with Crippen LogP contribution in [0.25, 0.3) is 0 Å². The van der Waals surface area contributed by atoms with Crippen LogP contribution < -0.4 is 4.90 Å². The van der Waals surface area contributed by atoms with Gasteiger partial charge in [0.25, 0.3) is 0 Å². The fourth-order valence-corrected chi connectivity index (χ4v) is 2.35. The third kappa shape index (κ3) is 3.14. The van der Waals surface area contributed by atoms with E-state index < -0.39 is 6.10 Å². The molecule has 0 aromatic heterocycles. The zero-order valence-electron chi connectivity index (χ0n) is 10.8. The quantitative estimate of drug-likeness (QED) is 0.904. The van der Waals surface area contributed by atoms with Crippen molar-refractivity contribution in [3.8, 4) is 0 Å². The smallest absolute Gasteiger partial charge is 0.123 e. The summed E-state index contributed by atoms with van der Waals surface area (Å²) in [6.45, 7) is 1.73. The lowest BCUT2D eigenvalue weighted by molar-refractivity contribution is 0.199. The molecule has 2 rings (SSSR count). The van der Waals surface area contributed by atoms with Gasteiger partial charge in [-0.05, 0) is 49.4 Å². The molecular weight excluding hydrogens is 309 g/mol. The highest BCUT2D eigenvalue weighted by atomic mass is 79.9. The van der Waals surface area contributed by atoms with E-state index in [4.69, 9.17) is 0 Å². The van der Waals surface area contributed by atoms with E-state index in [1.165, 1.54) is 12.1 Å². The molecule has 0 spiro atoms. The van der Waals surface area contributed by atoms with Crippen molar-refractivity contribution in [3.63, 3.8) is 0 Å². The molecule has 0 radical (unpaired) electrons. The minimum atomic E-state index is -0.574. The molecule has 0 fully saturated rings. The first-order valence-corrected chi connectivity index (χ1v) is 6.75. The maximum absolute atomic E-state index is 12.9. The molecule has 2 nitrogen and oxygen atoms in total. The second-order valence-electron chi connectivity index (χ2n) is 4.41. The van der Waals surface area contributed by atoms with E-state index in [2.05, 4.69) is 15.9 Å². The van der Waals surface area contributed by atoms with Crippen LogP contribution in [0.4, 0.5) is 15.8 Å². The summed E-state index contributed by atoms with van der Waals surface area (Å²) < 4.78 is 13.9. The van der Waals surface area contributed by atoms with Crippen molar-refractivity contribution in [1.29, 1.82) is 0 Å². The van der Waals surface area contributed by atoms with Crippen LogP contribution in [-0.2, 0) is 0 Å². The van der Waals surface area contributed by atoms with Gasteiger partial charge in [-0.2, -0.15) is 0 Å². The molecule has 1 N–H and O–H groups in total. The largest absolute Gasteiger partial charge is 0.389 e. The summed E-state index contributed by atoms with van der Waals surface area (Å²) in [5, 5.41) is 9.86. The minimum absolute atomic E-state index is 0.260. The summed E-state index contributed by atoms with van der Waals surface area (Å²) in [5.41, 5.74) is 2.58. The third-order valence-corrected chi connectivity index (χ3v) is 3.51. The molecule has 4 heteroatoms. The van der Waals surface area contributed by atoms with Gasteiger partial charge in [0.1, 0.15) is 5.82 Å². The molecule has 0 aliphatic carbocycles. The molecule has 1 atom stereocenters. The SMILES string of the molecule is CC(O)c1cc(Br)ccc1N(C)c1ccc(F)cc1. The average Bonchev–Trinajstić information content (AvgIpc) is 2.38. The number of aliphatic hydroxyl groups excluding tert-OH is 1. The number of halogens is 2. The first-order valence-electron chi connectivity index (χ1n) is 5.96. The van der Waals surface area contributed by atoms with Crippen LogP contribution in [0.2, 0.25) is 0 Å². The number of aliphatic hydroxyl groups is 1. The Bertz CT molecular complexity index is 569. The van der Waals surface area contributed by atoms with Crippen molar-refractivity contribution in [2.75, 3.05) is 11.9 Å². The predicted octanol–water partition coefficient (Wildman–Crippen LogP) is 4.41. The number of hydrogen-bond donors (Lipinski definition) is 1. The predicted molar refractivity (Wildman–Crippen MR) is 79.2 cm³/mol. The van der Waals surface area contributed by atoms with Gasteiger partial charge in [-0.3, -0.25) is 0 Å². The van der Waals surface area contributed by atoms with Gasteiger partial charge < -0.3 is 10.0 Å². The molecule has 1 unspecified atom stereocenters. The molecule has 19 heavy (non-hydrogen) atoms. The lowest BCUT2D eigenvalue weighted by Crippen LogP contribution is -2.12. The van der Waals surface area contributed by atoms with E-state index in [1.54, 1.807) is 19.1 Å². The number of hydrogen-bond acceptors (Lipinski definition) is 2. The molecule has 0 bridgehead atoms. The van der Waals surface area contributed by atoms with Crippen LogP contribution in [-0.4, -0.2) is 12.2 Å². The van der Waals surface area contributed by atoms with E-state index in [-0.39, 0.29) is 5.82 Å².